The van der Waals surface area contributed by atoms with Gasteiger partial charge in [0.1, 0.15) is 6.61 Å². The fraction of sp³-hybridized carbons (Fsp3) is 1.00. The Bertz CT molecular complexity index is 355. The van der Waals surface area contributed by atoms with Crippen molar-refractivity contribution in [1.82, 2.24) is 0 Å². The quantitative estimate of drug-likeness (QED) is 0.583. The summed E-state index contributed by atoms with van der Waals surface area (Å²) in [7, 11) is 1.57. The summed E-state index contributed by atoms with van der Waals surface area (Å²) in [6, 6.07) is 0. The molecule has 0 spiro atoms. The molecule has 0 aromatic rings. The van der Waals surface area contributed by atoms with Crippen LogP contribution in [0.15, 0.2) is 0 Å². The van der Waals surface area contributed by atoms with Gasteiger partial charge in [0, 0.05) is 13.0 Å². The topological polar surface area (TPSA) is 64.6 Å². The molecule has 7 heteroatoms. The van der Waals surface area contributed by atoms with E-state index < -0.39 is 5.97 Å². The van der Waals surface area contributed by atoms with Gasteiger partial charge in [-0.2, -0.15) is 0 Å². The lowest BCUT2D eigenvalue weighted by molar-refractivity contribution is -0.404. The van der Waals surface area contributed by atoms with Crippen molar-refractivity contribution < 1.29 is 33.2 Å². The summed E-state index contributed by atoms with van der Waals surface area (Å²) in [6.07, 6.45) is 2.61. The molecule has 0 amide bonds. The highest BCUT2D eigenvalue weighted by Gasteiger charge is 2.36. The van der Waals surface area contributed by atoms with E-state index >= 15 is 0 Å². The molecule has 0 N–H and O–H groups in total. The van der Waals surface area contributed by atoms with E-state index in [4.69, 9.17) is 33.2 Å². The van der Waals surface area contributed by atoms with Gasteiger partial charge in [0.25, 0.3) is 0 Å². The molecule has 2 atom stereocenters. The van der Waals surface area contributed by atoms with Crippen molar-refractivity contribution in [1.29, 1.82) is 0 Å². The molecule has 2 rings (SSSR count). The van der Waals surface area contributed by atoms with Gasteiger partial charge in [0.05, 0.1) is 45.2 Å². The van der Waals surface area contributed by atoms with E-state index in [1.165, 1.54) is 0 Å². The summed E-state index contributed by atoms with van der Waals surface area (Å²) in [4.78, 5) is 0. The lowest BCUT2D eigenvalue weighted by atomic mass is 10.0. The molecule has 0 aliphatic carbocycles. The molecule has 0 saturated carbocycles. The van der Waals surface area contributed by atoms with Crippen LogP contribution in [0.1, 0.15) is 40.0 Å². The monoisotopic (exact) mass is 362 g/mol. The average Bonchev–Trinajstić information content (AvgIpc) is 2.60. The summed E-state index contributed by atoms with van der Waals surface area (Å²) >= 11 is 0. The second kappa shape index (κ2) is 10.2. The first-order valence-electron chi connectivity index (χ1n) is 9.20. The van der Waals surface area contributed by atoms with Gasteiger partial charge in [0.2, 0.25) is 0 Å². The second-order valence-electron chi connectivity index (χ2n) is 7.49. The van der Waals surface area contributed by atoms with Crippen molar-refractivity contribution in [3.63, 3.8) is 0 Å². The third kappa shape index (κ3) is 7.86. The predicted molar refractivity (Wildman–Crippen MR) is 91.2 cm³/mol. The van der Waals surface area contributed by atoms with Crippen molar-refractivity contribution in [3.05, 3.63) is 0 Å². The van der Waals surface area contributed by atoms with Crippen LogP contribution in [0.3, 0.4) is 0 Å². The minimum atomic E-state index is -1.05. The third-order valence-corrected chi connectivity index (χ3v) is 4.13. The first-order chi connectivity index (χ1) is 11.9. The molecule has 25 heavy (non-hydrogen) atoms. The van der Waals surface area contributed by atoms with Crippen LogP contribution >= 0.6 is 0 Å². The maximum Gasteiger partial charge on any atom is 0.307 e. The SMILES string of the molecule is COC1(COCC2CCC(OCCOC(C)(C)C)OC2)OCCCO1. The zero-order valence-corrected chi connectivity index (χ0v) is 16.1. The van der Waals surface area contributed by atoms with E-state index in [0.717, 1.165) is 19.3 Å². The highest BCUT2D eigenvalue weighted by Crippen LogP contribution is 2.23. The van der Waals surface area contributed by atoms with Gasteiger partial charge in [0.15, 0.2) is 6.29 Å². The fourth-order valence-electron chi connectivity index (χ4n) is 2.74. The molecule has 2 aliphatic heterocycles. The van der Waals surface area contributed by atoms with Gasteiger partial charge < -0.3 is 33.2 Å². The molecule has 0 radical (unpaired) electrons. The fourth-order valence-corrected chi connectivity index (χ4v) is 2.74. The van der Waals surface area contributed by atoms with Crippen molar-refractivity contribution in [2.75, 3.05) is 53.4 Å². The molecule has 7 nitrogen and oxygen atoms in total. The minimum absolute atomic E-state index is 0.134. The van der Waals surface area contributed by atoms with Gasteiger partial charge in [-0.15, -0.1) is 0 Å². The Morgan fingerprint density at radius 3 is 2.44 bits per heavy atom. The Hall–Kier alpha value is -0.280. The Balaban J connectivity index is 1.54. The van der Waals surface area contributed by atoms with Gasteiger partial charge in [-0.1, -0.05) is 0 Å². The smallest absolute Gasteiger partial charge is 0.307 e. The van der Waals surface area contributed by atoms with E-state index in [-0.39, 0.29) is 18.5 Å². The van der Waals surface area contributed by atoms with Crippen LogP contribution in [0, 0.1) is 5.92 Å². The molecule has 0 bridgehead atoms. The summed E-state index contributed by atoms with van der Waals surface area (Å²) in [6.45, 7) is 9.98. The molecular weight excluding hydrogens is 328 g/mol. The van der Waals surface area contributed by atoms with Crippen LogP contribution in [-0.4, -0.2) is 71.2 Å². The van der Waals surface area contributed by atoms with Crippen LogP contribution in [0.4, 0.5) is 0 Å². The van der Waals surface area contributed by atoms with Crippen LogP contribution in [0.2, 0.25) is 0 Å². The molecule has 0 aromatic heterocycles. The number of hydrogen-bond donors (Lipinski definition) is 0. The minimum Gasteiger partial charge on any atom is -0.373 e. The third-order valence-electron chi connectivity index (χ3n) is 4.13. The lowest BCUT2D eigenvalue weighted by Gasteiger charge is -2.35. The Morgan fingerprint density at radius 2 is 1.84 bits per heavy atom. The maximum absolute atomic E-state index is 5.77. The molecule has 2 fully saturated rings. The highest BCUT2D eigenvalue weighted by molar-refractivity contribution is 4.67. The summed E-state index contributed by atoms with van der Waals surface area (Å²) in [5.74, 6) is -0.699. The normalized spacial score (nSPS) is 27.4. The van der Waals surface area contributed by atoms with Crippen molar-refractivity contribution >= 4 is 0 Å². The molecule has 2 saturated heterocycles. The first-order valence-corrected chi connectivity index (χ1v) is 9.20. The predicted octanol–water partition coefficient (Wildman–Crippen LogP) is 2.32. The molecule has 2 heterocycles. The van der Waals surface area contributed by atoms with Gasteiger partial charge in [-0.3, -0.25) is 0 Å². The zero-order chi connectivity index (χ0) is 18.2. The Morgan fingerprint density at radius 1 is 1.08 bits per heavy atom. The molecular formula is C18H34O7. The summed E-state index contributed by atoms with van der Waals surface area (Å²) < 4.78 is 39.3. The molecule has 2 unspecified atom stereocenters. The van der Waals surface area contributed by atoms with E-state index in [1.807, 2.05) is 20.8 Å². The molecule has 2 aliphatic rings. The van der Waals surface area contributed by atoms with Crippen LogP contribution in [0.5, 0.6) is 0 Å². The summed E-state index contributed by atoms with van der Waals surface area (Å²) in [5, 5.41) is 0. The van der Waals surface area contributed by atoms with Crippen LogP contribution < -0.4 is 0 Å². The first kappa shape index (κ1) is 21.0. The van der Waals surface area contributed by atoms with E-state index in [2.05, 4.69) is 0 Å². The number of rotatable bonds is 9. The second-order valence-corrected chi connectivity index (χ2v) is 7.49. The van der Waals surface area contributed by atoms with Crippen molar-refractivity contribution in [2.24, 2.45) is 5.92 Å². The number of ether oxygens (including phenoxy) is 7. The van der Waals surface area contributed by atoms with Crippen LogP contribution in [0.25, 0.3) is 0 Å². The van der Waals surface area contributed by atoms with Gasteiger partial charge >= 0.3 is 5.97 Å². The molecule has 0 aromatic carbocycles. The van der Waals surface area contributed by atoms with E-state index in [9.17, 15) is 0 Å². The Labute approximate surface area is 151 Å². The van der Waals surface area contributed by atoms with Gasteiger partial charge in [-0.05, 0) is 40.0 Å². The Kier molecular flexibility index (Phi) is 8.54. The van der Waals surface area contributed by atoms with Gasteiger partial charge in [-0.25, -0.2) is 0 Å². The number of methoxy groups -OCH3 is 1. The zero-order valence-electron chi connectivity index (χ0n) is 16.1. The maximum atomic E-state index is 5.77. The van der Waals surface area contributed by atoms with Crippen molar-refractivity contribution in [2.45, 2.75) is 57.9 Å². The van der Waals surface area contributed by atoms with Crippen molar-refractivity contribution in [3.8, 4) is 0 Å². The largest absolute Gasteiger partial charge is 0.373 e. The number of hydrogen-bond acceptors (Lipinski definition) is 7. The lowest BCUT2D eigenvalue weighted by Crippen LogP contribution is -2.47. The van der Waals surface area contributed by atoms with E-state index in [1.54, 1.807) is 7.11 Å². The van der Waals surface area contributed by atoms with E-state index in [0.29, 0.717) is 45.6 Å². The molecule has 148 valence electrons. The average molecular weight is 362 g/mol. The van der Waals surface area contributed by atoms with Crippen LogP contribution in [-0.2, 0) is 33.2 Å². The summed E-state index contributed by atoms with van der Waals surface area (Å²) in [5.41, 5.74) is -0.134. The highest BCUT2D eigenvalue weighted by atomic mass is 16.9. The standard InChI is InChI=1S/C18H34O7/c1-17(2,3)23-11-10-21-16-7-6-15(13-22-16)12-20-14-18(19-4)24-8-5-9-25-18/h15-16H,5-14H2,1-4H3.